The van der Waals surface area contributed by atoms with E-state index < -0.39 is 0 Å². The van der Waals surface area contributed by atoms with Gasteiger partial charge in [-0.2, -0.15) is 0 Å². The smallest absolute Gasteiger partial charge is 0.230 e. The van der Waals surface area contributed by atoms with Gasteiger partial charge in [0.1, 0.15) is 5.78 Å². The summed E-state index contributed by atoms with van der Waals surface area (Å²) in [5.41, 5.74) is 0.889. The SMILES string of the molecule is CC(=O)CC(=O)N(Cc1ccc(Cl)c(Cl)c1)C(C)C. The van der Waals surface area contributed by atoms with Gasteiger partial charge in [0.15, 0.2) is 0 Å². The summed E-state index contributed by atoms with van der Waals surface area (Å²) in [5, 5.41) is 0.943. The first-order valence-electron chi connectivity index (χ1n) is 6.04. The lowest BCUT2D eigenvalue weighted by Crippen LogP contribution is -2.37. The number of benzene rings is 1. The molecule has 1 rings (SSSR count). The standard InChI is InChI=1S/C14H17Cl2NO2/c1-9(2)17(14(19)6-10(3)18)8-11-4-5-12(15)13(16)7-11/h4-5,7,9H,6,8H2,1-3H3. The topological polar surface area (TPSA) is 37.4 Å². The van der Waals surface area contributed by atoms with Crippen LogP contribution in [0.5, 0.6) is 0 Å². The van der Waals surface area contributed by atoms with Crippen LogP contribution in [0, 0.1) is 0 Å². The van der Waals surface area contributed by atoms with Crippen LogP contribution in [0.4, 0.5) is 0 Å². The van der Waals surface area contributed by atoms with Crippen molar-refractivity contribution in [2.24, 2.45) is 0 Å². The Bertz CT molecular complexity index is 486. The highest BCUT2D eigenvalue weighted by atomic mass is 35.5. The molecule has 5 heteroatoms. The summed E-state index contributed by atoms with van der Waals surface area (Å²) in [4.78, 5) is 24.7. The van der Waals surface area contributed by atoms with E-state index in [1.54, 1.807) is 17.0 Å². The number of hydrogen-bond donors (Lipinski definition) is 0. The van der Waals surface area contributed by atoms with Crippen LogP contribution in [0.2, 0.25) is 10.0 Å². The van der Waals surface area contributed by atoms with E-state index in [0.717, 1.165) is 5.56 Å². The van der Waals surface area contributed by atoms with Crippen molar-refractivity contribution >= 4 is 34.9 Å². The Morgan fingerprint density at radius 1 is 1.21 bits per heavy atom. The van der Waals surface area contributed by atoms with E-state index in [0.29, 0.717) is 16.6 Å². The highest BCUT2D eigenvalue weighted by Crippen LogP contribution is 2.23. The molecule has 0 saturated carbocycles. The van der Waals surface area contributed by atoms with Crippen LogP contribution in [-0.2, 0) is 16.1 Å². The lowest BCUT2D eigenvalue weighted by molar-refractivity contribution is -0.136. The molecule has 0 aromatic heterocycles. The molecular formula is C14H17Cl2NO2. The zero-order chi connectivity index (χ0) is 14.6. The number of ketones is 1. The van der Waals surface area contributed by atoms with Crippen molar-refractivity contribution in [3.8, 4) is 0 Å². The van der Waals surface area contributed by atoms with E-state index in [2.05, 4.69) is 0 Å². The zero-order valence-electron chi connectivity index (χ0n) is 11.2. The molecule has 0 aliphatic rings. The van der Waals surface area contributed by atoms with E-state index in [1.165, 1.54) is 6.92 Å². The van der Waals surface area contributed by atoms with Gasteiger partial charge in [-0.3, -0.25) is 9.59 Å². The number of carbonyl (C=O) groups excluding carboxylic acids is 2. The van der Waals surface area contributed by atoms with E-state index in [-0.39, 0.29) is 24.2 Å². The van der Waals surface area contributed by atoms with Crippen molar-refractivity contribution in [1.29, 1.82) is 0 Å². The largest absolute Gasteiger partial charge is 0.336 e. The Labute approximate surface area is 123 Å². The number of nitrogens with zero attached hydrogens (tertiary/aromatic N) is 1. The maximum absolute atomic E-state index is 12.0. The fourth-order valence-corrected chi connectivity index (χ4v) is 2.03. The molecule has 0 aliphatic carbocycles. The summed E-state index contributed by atoms with van der Waals surface area (Å²) in [6.07, 6.45) is -0.0699. The van der Waals surface area contributed by atoms with Crippen LogP contribution >= 0.6 is 23.2 Å². The Balaban J connectivity index is 2.86. The first-order chi connectivity index (χ1) is 8.81. The molecule has 3 nitrogen and oxygen atoms in total. The minimum Gasteiger partial charge on any atom is -0.336 e. The minimum atomic E-state index is -0.173. The fourth-order valence-electron chi connectivity index (χ4n) is 1.71. The first-order valence-corrected chi connectivity index (χ1v) is 6.79. The molecule has 104 valence electrons. The second-order valence-electron chi connectivity index (χ2n) is 4.74. The third kappa shape index (κ3) is 4.84. The molecule has 0 fully saturated rings. The number of amides is 1. The maximum atomic E-state index is 12.0. The average molecular weight is 302 g/mol. The Hall–Kier alpha value is -1.06. The van der Waals surface area contributed by atoms with Gasteiger partial charge in [-0.25, -0.2) is 0 Å². The van der Waals surface area contributed by atoms with Crippen molar-refractivity contribution in [2.75, 3.05) is 0 Å². The third-order valence-corrected chi connectivity index (χ3v) is 3.42. The molecule has 0 heterocycles. The number of Topliss-reactive ketones (excluding diaryl/α,β-unsaturated/α-hetero) is 1. The summed E-state index contributed by atoms with van der Waals surface area (Å²) >= 11 is 11.8. The van der Waals surface area contributed by atoms with Crippen molar-refractivity contribution in [3.05, 3.63) is 33.8 Å². The van der Waals surface area contributed by atoms with Crippen LogP contribution in [0.1, 0.15) is 32.8 Å². The fraction of sp³-hybridized carbons (Fsp3) is 0.429. The van der Waals surface area contributed by atoms with Crippen LogP contribution in [-0.4, -0.2) is 22.6 Å². The predicted octanol–water partition coefficient (Wildman–Crippen LogP) is 3.71. The normalized spacial score (nSPS) is 10.6. The molecule has 0 aliphatic heterocycles. The zero-order valence-corrected chi connectivity index (χ0v) is 12.8. The predicted molar refractivity (Wildman–Crippen MR) is 77.4 cm³/mol. The minimum absolute atomic E-state index is 0.0151. The molecule has 0 spiro atoms. The van der Waals surface area contributed by atoms with Gasteiger partial charge in [-0.1, -0.05) is 29.3 Å². The second-order valence-corrected chi connectivity index (χ2v) is 5.56. The van der Waals surface area contributed by atoms with Gasteiger partial charge >= 0.3 is 0 Å². The monoisotopic (exact) mass is 301 g/mol. The van der Waals surface area contributed by atoms with E-state index in [9.17, 15) is 9.59 Å². The Morgan fingerprint density at radius 3 is 2.32 bits per heavy atom. The van der Waals surface area contributed by atoms with Crippen molar-refractivity contribution in [1.82, 2.24) is 4.90 Å². The molecular weight excluding hydrogens is 285 g/mol. The number of hydrogen-bond acceptors (Lipinski definition) is 2. The second kappa shape index (κ2) is 6.92. The molecule has 0 radical (unpaired) electrons. The highest BCUT2D eigenvalue weighted by molar-refractivity contribution is 6.42. The average Bonchev–Trinajstić information content (AvgIpc) is 2.29. The Morgan fingerprint density at radius 2 is 1.84 bits per heavy atom. The van der Waals surface area contributed by atoms with E-state index >= 15 is 0 Å². The molecule has 0 saturated heterocycles. The van der Waals surface area contributed by atoms with Crippen molar-refractivity contribution < 1.29 is 9.59 Å². The number of carbonyl (C=O) groups is 2. The molecule has 1 amide bonds. The molecule has 19 heavy (non-hydrogen) atoms. The van der Waals surface area contributed by atoms with Crippen LogP contribution in [0.3, 0.4) is 0 Å². The van der Waals surface area contributed by atoms with Gasteiger partial charge in [0, 0.05) is 12.6 Å². The van der Waals surface area contributed by atoms with E-state index in [1.807, 2.05) is 19.9 Å². The highest BCUT2D eigenvalue weighted by Gasteiger charge is 2.18. The van der Waals surface area contributed by atoms with Crippen molar-refractivity contribution in [3.63, 3.8) is 0 Å². The van der Waals surface area contributed by atoms with Gasteiger partial charge in [-0.15, -0.1) is 0 Å². The molecule has 0 unspecified atom stereocenters. The quantitative estimate of drug-likeness (QED) is 0.778. The number of rotatable bonds is 5. The van der Waals surface area contributed by atoms with Gasteiger partial charge in [0.2, 0.25) is 5.91 Å². The lowest BCUT2D eigenvalue weighted by atomic mass is 10.1. The van der Waals surface area contributed by atoms with Crippen molar-refractivity contribution in [2.45, 2.75) is 39.8 Å². The lowest BCUT2D eigenvalue weighted by Gasteiger charge is -2.26. The summed E-state index contributed by atoms with van der Waals surface area (Å²) in [5.74, 6) is -0.307. The summed E-state index contributed by atoms with van der Waals surface area (Å²) < 4.78 is 0. The summed E-state index contributed by atoms with van der Waals surface area (Å²) in [6.45, 7) is 5.65. The van der Waals surface area contributed by atoms with Gasteiger partial charge in [0.05, 0.1) is 16.5 Å². The maximum Gasteiger partial charge on any atom is 0.230 e. The summed E-state index contributed by atoms with van der Waals surface area (Å²) in [7, 11) is 0. The summed E-state index contributed by atoms with van der Waals surface area (Å²) in [6, 6.07) is 5.28. The molecule has 0 N–H and O–H groups in total. The van der Waals surface area contributed by atoms with Gasteiger partial charge in [0.25, 0.3) is 0 Å². The molecule has 1 aromatic rings. The third-order valence-electron chi connectivity index (χ3n) is 2.68. The molecule has 1 aromatic carbocycles. The van der Waals surface area contributed by atoms with Crippen LogP contribution < -0.4 is 0 Å². The molecule has 0 bridgehead atoms. The Kier molecular flexibility index (Phi) is 5.83. The van der Waals surface area contributed by atoms with Crippen LogP contribution in [0.15, 0.2) is 18.2 Å². The molecule has 0 atom stereocenters. The van der Waals surface area contributed by atoms with E-state index in [4.69, 9.17) is 23.2 Å². The van der Waals surface area contributed by atoms with Gasteiger partial charge < -0.3 is 4.90 Å². The first kappa shape index (κ1) is 16.0. The van der Waals surface area contributed by atoms with Crippen LogP contribution in [0.25, 0.3) is 0 Å². The number of halogens is 2. The van der Waals surface area contributed by atoms with Gasteiger partial charge in [-0.05, 0) is 38.5 Å².